The summed E-state index contributed by atoms with van der Waals surface area (Å²) in [6.07, 6.45) is 12.3. The molecule has 0 unspecified atom stereocenters. The number of nitrogens with zero attached hydrogens (tertiary/aromatic N) is 2. The fourth-order valence-corrected chi connectivity index (χ4v) is 11.8. The molecule has 1 saturated heterocycles. The first-order chi connectivity index (χ1) is 28.7. The molecule has 8 rings (SSSR count). The van der Waals surface area contributed by atoms with Gasteiger partial charge in [-0.05, 0) is 100 Å². The maximum absolute atomic E-state index is 15.4. The zero-order valence-corrected chi connectivity index (χ0v) is 36.1. The summed E-state index contributed by atoms with van der Waals surface area (Å²) in [5.74, 6) is -0.618. The molecule has 15 heteroatoms. The first-order valence-electron chi connectivity index (χ1n) is 22.2. The molecular formula is C45H61N5O9S. The third-order valence-electron chi connectivity index (χ3n) is 14.4. The second-order valence-electron chi connectivity index (χ2n) is 18.6. The molecule has 4 heterocycles. The quantitative estimate of drug-likeness (QED) is 0.256. The highest BCUT2D eigenvalue weighted by Crippen LogP contribution is 2.49. The number of cyclic esters (lactones) is 1. The smallest absolute Gasteiger partial charge is 0.408 e. The molecule has 6 atom stereocenters. The van der Waals surface area contributed by atoms with E-state index in [1.54, 1.807) is 18.1 Å². The monoisotopic (exact) mass is 847 g/mol. The lowest BCUT2D eigenvalue weighted by atomic mass is 9.70. The molecule has 1 aromatic carbocycles. The number of sulfonamides is 1. The van der Waals surface area contributed by atoms with Gasteiger partial charge in [0, 0.05) is 17.4 Å². The average molecular weight is 848 g/mol. The number of carbonyl (C=O) groups excluding carboxylic acids is 4. The average Bonchev–Trinajstić information content (AvgIpc) is 4.17. The van der Waals surface area contributed by atoms with Crippen LogP contribution in [0.5, 0.6) is 11.5 Å². The minimum atomic E-state index is -3.88. The Morgan fingerprint density at radius 2 is 1.78 bits per heavy atom. The van der Waals surface area contributed by atoms with Crippen LogP contribution in [0.25, 0.3) is 10.9 Å². The van der Waals surface area contributed by atoms with Crippen LogP contribution in [0.15, 0.2) is 30.9 Å². The number of fused-ring (bicyclic) bond motifs is 3. The van der Waals surface area contributed by atoms with E-state index in [4.69, 9.17) is 19.2 Å². The highest BCUT2D eigenvalue weighted by molar-refractivity contribution is 7.91. The van der Waals surface area contributed by atoms with E-state index < -0.39 is 73.8 Å². The molecule has 0 radical (unpaired) electrons. The molecule has 1 spiro atoms. The lowest BCUT2D eigenvalue weighted by Gasteiger charge is -2.42. The summed E-state index contributed by atoms with van der Waals surface area (Å²) in [5.41, 5.74) is -0.370. The van der Waals surface area contributed by atoms with Gasteiger partial charge in [-0.25, -0.2) is 18.2 Å². The number of alkyl carbamates (subject to hydrolysis) is 1. The Hall–Kier alpha value is -4.40. The largest absolute Gasteiger partial charge is 0.497 e. The standard InChI is InChI=1S/C45H61N5O9S/c1-5-28-25-45(28,41(53)49-60(55,56)31-17-18-31)48-39(51)36-26-44-23-20-32-33-24-30(57-4)16-19-34(33)46-35(37(32)59-44)15-11-8-7-10-14-29(6-2)58-42(54)47-38(40(52)50(36)27-44)43(3)21-12-9-13-22-43/h6,16,19,24,28-29,31,36,38H,2,5,7-15,17-18,20-23,25-27H2,1,3-4H3,(H,47,54)(H,48,51)(H,49,53)/t28-,29-,36+,38-,44-,45-/m1/s1. The molecule has 60 heavy (non-hydrogen) atoms. The van der Waals surface area contributed by atoms with Gasteiger partial charge in [-0.15, -0.1) is 0 Å². The van der Waals surface area contributed by atoms with Crippen molar-refractivity contribution in [3.63, 3.8) is 0 Å². The van der Waals surface area contributed by atoms with E-state index in [0.29, 0.717) is 69.3 Å². The lowest BCUT2D eigenvalue weighted by Crippen LogP contribution is -2.61. The SMILES string of the molecule is C=C[C@@H]1CCCCCCc2nc3ccc(OC)cc3c3c2O[C@]2(CC3)C[C@@H](C(=O)N[C@]3(C(=O)NS(=O)(=O)C4CC4)C[C@H]3CC)N(C2)C(=O)[C@H](C2(C)CCCCC2)NC(=O)O1. The maximum atomic E-state index is 15.4. The lowest BCUT2D eigenvalue weighted by molar-refractivity contribution is -0.144. The highest BCUT2D eigenvalue weighted by Gasteiger charge is 2.63. The molecule has 3 N–H and O–H groups in total. The van der Waals surface area contributed by atoms with E-state index in [1.807, 2.05) is 32.0 Å². The highest BCUT2D eigenvalue weighted by atomic mass is 32.2. The summed E-state index contributed by atoms with van der Waals surface area (Å²) in [6, 6.07) is 3.75. The van der Waals surface area contributed by atoms with Crippen molar-refractivity contribution in [2.75, 3.05) is 13.7 Å². The van der Waals surface area contributed by atoms with Crippen molar-refractivity contribution in [2.45, 2.75) is 164 Å². The molecule has 14 nitrogen and oxygen atoms in total. The molecule has 3 aliphatic heterocycles. The number of hydrogen-bond donors (Lipinski definition) is 3. The van der Waals surface area contributed by atoms with E-state index in [-0.39, 0.29) is 25.3 Å². The second-order valence-corrected chi connectivity index (χ2v) is 20.6. The number of aryl methyl sites for hydroxylation is 2. The molecule has 6 aliphatic rings. The van der Waals surface area contributed by atoms with Crippen LogP contribution in [-0.4, -0.2) is 90.3 Å². The van der Waals surface area contributed by atoms with Crippen LogP contribution in [0.3, 0.4) is 0 Å². The number of aromatic nitrogens is 1. The number of nitrogens with one attached hydrogen (secondary N) is 3. The first kappa shape index (κ1) is 42.3. The van der Waals surface area contributed by atoms with Crippen LogP contribution in [0.2, 0.25) is 0 Å². The summed E-state index contributed by atoms with van der Waals surface area (Å²) in [4.78, 5) is 64.6. The van der Waals surface area contributed by atoms with Gasteiger partial charge in [-0.3, -0.25) is 19.1 Å². The van der Waals surface area contributed by atoms with Gasteiger partial charge in [0.2, 0.25) is 21.8 Å². The first-order valence-corrected chi connectivity index (χ1v) is 23.7. The summed E-state index contributed by atoms with van der Waals surface area (Å²) in [6.45, 7) is 7.91. The number of amides is 4. The Morgan fingerprint density at radius 3 is 2.48 bits per heavy atom. The molecule has 3 aliphatic carbocycles. The van der Waals surface area contributed by atoms with Crippen LogP contribution in [0, 0.1) is 11.3 Å². The van der Waals surface area contributed by atoms with Gasteiger partial charge < -0.3 is 29.7 Å². The van der Waals surface area contributed by atoms with E-state index >= 15 is 4.79 Å². The summed E-state index contributed by atoms with van der Waals surface area (Å²) in [5, 5.41) is 6.30. The Bertz CT molecular complexity index is 2150. The predicted molar refractivity (Wildman–Crippen MR) is 225 cm³/mol. The number of ether oxygens (including phenoxy) is 3. The van der Waals surface area contributed by atoms with Crippen LogP contribution < -0.4 is 24.8 Å². The number of carbonyl (C=O) groups is 4. The van der Waals surface area contributed by atoms with Gasteiger partial charge in [-0.2, -0.15) is 0 Å². The topological polar surface area (TPSA) is 182 Å². The van der Waals surface area contributed by atoms with Crippen molar-refractivity contribution in [2.24, 2.45) is 11.3 Å². The van der Waals surface area contributed by atoms with Crippen LogP contribution >= 0.6 is 0 Å². The maximum Gasteiger partial charge on any atom is 0.408 e. The van der Waals surface area contributed by atoms with Crippen LogP contribution in [0.4, 0.5) is 4.79 Å². The number of hydrogen-bond acceptors (Lipinski definition) is 10. The number of pyridine rings is 1. The van der Waals surface area contributed by atoms with Crippen molar-refractivity contribution in [1.29, 1.82) is 0 Å². The summed E-state index contributed by atoms with van der Waals surface area (Å²) < 4.78 is 46.8. The molecule has 2 aromatic rings. The third kappa shape index (κ3) is 8.19. The van der Waals surface area contributed by atoms with Gasteiger partial charge in [-0.1, -0.05) is 65.0 Å². The molecule has 1 aromatic heterocycles. The minimum Gasteiger partial charge on any atom is -0.497 e. The molecule has 326 valence electrons. The van der Waals surface area contributed by atoms with Crippen molar-refractivity contribution >= 4 is 44.7 Å². The minimum absolute atomic E-state index is 0.0595. The normalized spacial score (nSPS) is 30.8. The van der Waals surface area contributed by atoms with Crippen LogP contribution in [0.1, 0.15) is 128 Å². The molecule has 4 amide bonds. The van der Waals surface area contributed by atoms with E-state index in [1.165, 1.54) is 0 Å². The predicted octanol–water partition coefficient (Wildman–Crippen LogP) is 5.93. The van der Waals surface area contributed by atoms with Gasteiger partial charge >= 0.3 is 6.09 Å². The molecule has 3 saturated carbocycles. The zero-order valence-electron chi connectivity index (χ0n) is 35.3. The Balaban J connectivity index is 1.19. The van der Waals surface area contributed by atoms with Crippen molar-refractivity contribution in [3.05, 3.63) is 42.1 Å². The Labute approximate surface area is 353 Å². The van der Waals surface area contributed by atoms with Gasteiger partial charge in [0.25, 0.3) is 5.91 Å². The fourth-order valence-electron chi connectivity index (χ4n) is 10.5. The van der Waals surface area contributed by atoms with Crippen LogP contribution in [-0.2, 0) is 42.0 Å². The van der Waals surface area contributed by atoms with E-state index in [9.17, 15) is 22.8 Å². The molecular weight excluding hydrogens is 787 g/mol. The summed E-state index contributed by atoms with van der Waals surface area (Å²) >= 11 is 0. The second kappa shape index (κ2) is 16.5. The number of benzene rings is 1. The van der Waals surface area contributed by atoms with E-state index in [2.05, 4.69) is 21.9 Å². The van der Waals surface area contributed by atoms with Gasteiger partial charge in [0.05, 0.1) is 30.1 Å². The van der Waals surface area contributed by atoms with Crippen molar-refractivity contribution in [3.8, 4) is 11.5 Å². The Morgan fingerprint density at radius 1 is 1.03 bits per heavy atom. The molecule has 4 fully saturated rings. The summed E-state index contributed by atoms with van der Waals surface area (Å²) in [7, 11) is -2.25. The Kier molecular flexibility index (Phi) is 11.6. The van der Waals surface area contributed by atoms with Crippen molar-refractivity contribution < 1.29 is 41.8 Å². The molecule has 3 bridgehead atoms. The number of methoxy groups -OCH3 is 1. The van der Waals surface area contributed by atoms with Crippen molar-refractivity contribution in [1.82, 2.24) is 25.2 Å². The van der Waals surface area contributed by atoms with Gasteiger partial charge in [0.15, 0.2) is 0 Å². The van der Waals surface area contributed by atoms with Gasteiger partial charge in [0.1, 0.15) is 40.8 Å². The van der Waals surface area contributed by atoms with E-state index in [0.717, 1.165) is 67.1 Å². The zero-order chi connectivity index (χ0) is 42.5. The third-order valence-corrected chi connectivity index (χ3v) is 16.2. The number of rotatable bonds is 9. The fraction of sp³-hybridized carbons (Fsp3) is 0.667.